The first-order chi connectivity index (χ1) is 13.9. The van der Waals surface area contributed by atoms with Gasteiger partial charge in [-0.15, -0.1) is 0 Å². The molecule has 1 aliphatic heterocycles. The number of hydrogen-bond acceptors (Lipinski definition) is 9. The van der Waals surface area contributed by atoms with Crippen molar-refractivity contribution in [2.75, 3.05) is 13.7 Å². The van der Waals surface area contributed by atoms with Crippen LogP contribution in [0.15, 0.2) is 45.4 Å². The summed E-state index contributed by atoms with van der Waals surface area (Å²) in [5, 5.41) is 10.9. The normalized spacial score (nSPS) is 17.9. The highest BCUT2D eigenvalue weighted by Gasteiger charge is 2.39. The van der Waals surface area contributed by atoms with Gasteiger partial charge in [0.2, 0.25) is 0 Å². The summed E-state index contributed by atoms with van der Waals surface area (Å²) in [7, 11) is 1.29. The van der Waals surface area contributed by atoms with Crippen LogP contribution in [-0.4, -0.2) is 42.3 Å². The molecule has 1 aromatic heterocycles. The predicted octanol–water partition coefficient (Wildman–Crippen LogP) is 2.56. The van der Waals surface area contributed by atoms with Gasteiger partial charge in [0, 0.05) is 18.0 Å². The second-order valence-corrected chi connectivity index (χ2v) is 6.53. The van der Waals surface area contributed by atoms with Crippen molar-refractivity contribution in [3.8, 4) is 0 Å². The highest BCUT2D eigenvalue weighted by Crippen LogP contribution is 2.41. The second kappa shape index (κ2) is 8.44. The third-order valence-electron chi connectivity index (χ3n) is 4.69. The van der Waals surface area contributed by atoms with Crippen molar-refractivity contribution in [3.05, 3.63) is 46.3 Å². The number of ether oxygens (including phenoxy) is 3. The van der Waals surface area contributed by atoms with Crippen molar-refractivity contribution in [1.29, 1.82) is 0 Å². The van der Waals surface area contributed by atoms with Gasteiger partial charge in [0.15, 0.2) is 6.29 Å². The summed E-state index contributed by atoms with van der Waals surface area (Å²) in [4.78, 5) is 25.7. The van der Waals surface area contributed by atoms with Gasteiger partial charge < -0.3 is 19.5 Å². The van der Waals surface area contributed by atoms with Gasteiger partial charge in [-0.2, -0.15) is 0 Å². The van der Waals surface area contributed by atoms with Crippen molar-refractivity contribution < 1.29 is 28.4 Å². The molecule has 0 saturated carbocycles. The van der Waals surface area contributed by atoms with E-state index in [0.717, 1.165) is 0 Å². The lowest BCUT2D eigenvalue weighted by Crippen LogP contribution is -2.33. The average molecular weight is 401 g/mol. The fourth-order valence-corrected chi connectivity index (χ4v) is 3.50. The SMILES string of the molecule is CCOC(C)OC(=O)C1=C(C)NC(C)=C(C(=O)OC)C1c1cccc2nonc12. The molecule has 1 aromatic carbocycles. The number of dihydropyridines is 1. The quantitative estimate of drug-likeness (QED) is 0.576. The zero-order chi connectivity index (χ0) is 21.1. The number of esters is 2. The van der Waals surface area contributed by atoms with E-state index in [9.17, 15) is 9.59 Å². The number of aromatic nitrogens is 2. The van der Waals surface area contributed by atoms with Crippen LogP contribution in [0.25, 0.3) is 11.0 Å². The number of carbonyl (C=O) groups is 2. The standard InChI is InChI=1S/C20H23N3O6/c1-6-27-12(4)28-20(25)16-11(3)21-10(2)15(19(24)26-5)17(16)13-8-7-9-14-18(13)23-29-22-14/h7-9,12,17,21H,6H2,1-5H3. The Kier molecular flexibility index (Phi) is 5.97. The molecule has 9 nitrogen and oxygen atoms in total. The Morgan fingerprint density at radius 3 is 2.52 bits per heavy atom. The summed E-state index contributed by atoms with van der Waals surface area (Å²) in [5.41, 5.74) is 3.22. The lowest BCUT2D eigenvalue weighted by molar-refractivity contribution is -0.169. The Morgan fingerprint density at radius 2 is 1.86 bits per heavy atom. The summed E-state index contributed by atoms with van der Waals surface area (Å²) in [6, 6.07) is 5.26. The molecule has 0 radical (unpaired) electrons. The summed E-state index contributed by atoms with van der Waals surface area (Å²) < 4.78 is 20.6. The number of nitrogens with zero attached hydrogens (tertiary/aromatic N) is 2. The van der Waals surface area contributed by atoms with Gasteiger partial charge in [-0.25, -0.2) is 14.2 Å². The lowest BCUT2D eigenvalue weighted by atomic mass is 9.80. The van der Waals surface area contributed by atoms with Crippen LogP contribution in [0.4, 0.5) is 0 Å². The highest BCUT2D eigenvalue weighted by molar-refractivity contribution is 6.01. The van der Waals surface area contributed by atoms with Crippen LogP contribution < -0.4 is 5.32 Å². The van der Waals surface area contributed by atoms with Crippen LogP contribution in [0, 0.1) is 0 Å². The number of nitrogens with one attached hydrogen (secondary N) is 1. The molecule has 2 aromatic rings. The Bertz CT molecular complexity index is 1010. The van der Waals surface area contributed by atoms with Gasteiger partial charge >= 0.3 is 11.9 Å². The smallest absolute Gasteiger partial charge is 0.339 e. The highest BCUT2D eigenvalue weighted by atomic mass is 16.7. The minimum Gasteiger partial charge on any atom is -0.466 e. The van der Waals surface area contributed by atoms with Gasteiger partial charge in [0.05, 0.1) is 24.2 Å². The summed E-state index contributed by atoms with van der Waals surface area (Å²) in [6.07, 6.45) is -0.744. The van der Waals surface area contributed by atoms with E-state index in [2.05, 4.69) is 15.6 Å². The Labute approximate surface area is 167 Å². The lowest BCUT2D eigenvalue weighted by Gasteiger charge is -2.30. The van der Waals surface area contributed by atoms with E-state index in [-0.39, 0.29) is 11.1 Å². The fourth-order valence-electron chi connectivity index (χ4n) is 3.50. The minimum atomic E-state index is -0.777. The van der Waals surface area contributed by atoms with Crippen molar-refractivity contribution >= 4 is 23.0 Å². The molecular weight excluding hydrogens is 378 g/mol. The van der Waals surface area contributed by atoms with E-state index in [0.29, 0.717) is 34.6 Å². The zero-order valence-corrected chi connectivity index (χ0v) is 16.9. The molecule has 2 atom stereocenters. The molecule has 2 unspecified atom stereocenters. The second-order valence-electron chi connectivity index (χ2n) is 6.53. The van der Waals surface area contributed by atoms with Crippen LogP contribution >= 0.6 is 0 Å². The Hall–Kier alpha value is -3.20. The first-order valence-corrected chi connectivity index (χ1v) is 9.19. The molecule has 154 valence electrons. The van der Waals surface area contributed by atoms with Crippen LogP contribution in [-0.2, 0) is 23.8 Å². The molecule has 0 spiro atoms. The number of carbonyl (C=O) groups excluding carboxylic acids is 2. The molecular formula is C20H23N3O6. The van der Waals surface area contributed by atoms with E-state index >= 15 is 0 Å². The van der Waals surface area contributed by atoms with Gasteiger partial charge in [-0.1, -0.05) is 12.1 Å². The zero-order valence-electron chi connectivity index (χ0n) is 16.9. The molecule has 0 saturated heterocycles. The van der Waals surface area contributed by atoms with Crippen LogP contribution in [0.1, 0.15) is 39.2 Å². The number of fused-ring (bicyclic) bond motifs is 1. The van der Waals surface area contributed by atoms with Gasteiger partial charge in [0.1, 0.15) is 11.0 Å². The monoisotopic (exact) mass is 401 g/mol. The average Bonchev–Trinajstić information content (AvgIpc) is 3.15. The van der Waals surface area contributed by atoms with Crippen molar-refractivity contribution in [1.82, 2.24) is 15.6 Å². The topological polar surface area (TPSA) is 113 Å². The number of hydrogen-bond donors (Lipinski definition) is 1. The maximum Gasteiger partial charge on any atom is 0.339 e. The molecule has 0 bridgehead atoms. The fraction of sp³-hybridized carbons (Fsp3) is 0.400. The third kappa shape index (κ3) is 3.86. The van der Waals surface area contributed by atoms with E-state index < -0.39 is 24.1 Å². The van der Waals surface area contributed by atoms with Gasteiger partial charge in [-0.05, 0) is 49.6 Å². The molecule has 0 aliphatic carbocycles. The molecule has 0 fully saturated rings. The largest absolute Gasteiger partial charge is 0.466 e. The van der Waals surface area contributed by atoms with Gasteiger partial charge in [0.25, 0.3) is 0 Å². The van der Waals surface area contributed by atoms with Crippen LogP contribution in [0.5, 0.6) is 0 Å². The van der Waals surface area contributed by atoms with E-state index in [4.69, 9.17) is 18.8 Å². The first kappa shape index (κ1) is 20.5. The molecule has 0 amide bonds. The Morgan fingerprint density at radius 1 is 1.17 bits per heavy atom. The number of methoxy groups -OCH3 is 1. The minimum absolute atomic E-state index is 0.262. The van der Waals surface area contributed by atoms with Crippen LogP contribution in [0.3, 0.4) is 0 Å². The summed E-state index contributed by atoms with van der Waals surface area (Å²) in [6.45, 7) is 7.32. The molecule has 29 heavy (non-hydrogen) atoms. The summed E-state index contributed by atoms with van der Waals surface area (Å²) >= 11 is 0. The van der Waals surface area contributed by atoms with Crippen molar-refractivity contribution in [2.45, 2.75) is 39.9 Å². The number of allylic oxidation sites excluding steroid dienone is 2. The molecule has 3 rings (SSSR count). The van der Waals surface area contributed by atoms with Crippen molar-refractivity contribution in [2.24, 2.45) is 0 Å². The molecule has 2 heterocycles. The Balaban J connectivity index is 2.17. The number of benzene rings is 1. The summed E-state index contributed by atoms with van der Waals surface area (Å²) in [5.74, 6) is -1.95. The maximum absolute atomic E-state index is 13.1. The molecule has 9 heteroatoms. The third-order valence-corrected chi connectivity index (χ3v) is 4.69. The van der Waals surface area contributed by atoms with Crippen molar-refractivity contribution in [3.63, 3.8) is 0 Å². The van der Waals surface area contributed by atoms with E-state index in [1.54, 1.807) is 45.9 Å². The van der Waals surface area contributed by atoms with Gasteiger partial charge in [-0.3, -0.25) is 0 Å². The van der Waals surface area contributed by atoms with E-state index in [1.165, 1.54) is 7.11 Å². The van der Waals surface area contributed by atoms with E-state index in [1.807, 2.05) is 0 Å². The predicted molar refractivity (Wildman–Crippen MR) is 102 cm³/mol. The van der Waals surface area contributed by atoms with Crippen LogP contribution in [0.2, 0.25) is 0 Å². The molecule has 1 N–H and O–H groups in total. The first-order valence-electron chi connectivity index (χ1n) is 9.19. The number of rotatable bonds is 6. The molecule has 1 aliphatic rings. The maximum atomic E-state index is 13.1.